The lowest BCUT2D eigenvalue weighted by atomic mass is 9.62. The number of amides is 2. The van der Waals surface area contributed by atoms with E-state index in [0.29, 0.717) is 17.5 Å². The molecular weight excluding hydrogens is 274 g/mol. The third-order valence-electron chi connectivity index (χ3n) is 5.45. The smallest absolute Gasteiger partial charge is 0.317 e. The third-order valence-corrected chi connectivity index (χ3v) is 5.45. The van der Waals surface area contributed by atoms with Crippen LogP contribution in [0.1, 0.15) is 38.3 Å². The molecule has 120 valence electrons. The summed E-state index contributed by atoms with van der Waals surface area (Å²) < 4.78 is 0. The van der Waals surface area contributed by atoms with Crippen LogP contribution < -0.4 is 5.32 Å². The van der Waals surface area contributed by atoms with Gasteiger partial charge in [-0.3, -0.25) is 4.90 Å². The fourth-order valence-electron chi connectivity index (χ4n) is 4.19. The zero-order valence-electron chi connectivity index (χ0n) is 13.9. The Balaban J connectivity index is 1.78. The third kappa shape index (κ3) is 2.50. The number of nitrogens with zero attached hydrogens (tertiary/aromatic N) is 2. The maximum atomic E-state index is 11.8. The maximum Gasteiger partial charge on any atom is 0.317 e. The van der Waals surface area contributed by atoms with Crippen molar-refractivity contribution in [3.8, 4) is 0 Å². The number of likely N-dealkylation sites (tertiary alicyclic amines) is 2. The van der Waals surface area contributed by atoms with Gasteiger partial charge in [0.25, 0.3) is 0 Å². The van der Waals surface area contributed by atoms with E-state index >= 15 is 0 Å². The molecule has 0 aromatic heterocycles. The molecule has 4 heteroatoms. The van der Waals surface area contributed by atoms with E-state index in [1.165, 1.54) is 5.56 Å². The monoisotopic (exact) mass is 301 g/mol. The normalized spacial score (nSPS) is 24.4. The van der Waals surface area contributed by atoms with E-state index in [9.17, 15) is 4.79 Å². The van der Waals surface area contributed by atoms with Gasteiger partial charge in [0.15, 0.2) is 0 Å². The van der Waals surface area contributed by atoms with Crippen LogP contribution in [0.3, 0.4) is 0 Å². The molecule has 4 nitrogen and oxygen atoms in total. The number of carbonyl (C=O) groups excluding carboxylic acids is 1. The molecule has 1 aromatic rings. The molecule has 1 spiro atoms. The molecule has 2 aliphatic rings. The van der Waals surface area contributed by atoms with Crippen molar-refractivity contribution in [1.82, 2.24) is 15.1 Å². The van der Waals surface area contributed by atoms with Gasteiger partial charge in [-0.1, -0.05) is 30.3 Å². The molecule has 1 aromatic carbocycles. The molecule has 1 atom stereocenters. The van der Waals surface area contributed by atoms with Crippen LogP contribution in [0.15, 0.2) is 30.3 Å². The van der Waals surface area contributed by atoms with Crippen LogP contribution in [0.5, 0.6) is 0 Å². The number of piperidine rings is 1. The first kappa shape index (κ1) is 15.3. The summed E-state index contributed by atoms with van der Waals surface area (Å²) in [6, 6.07) is 12.0. The van der Waals surface area contributed by atoms with E-state index in [1.54, 1.807) is 7.05 Å². The number of hydrogen-bond acceptors (Lipinski definition) is 2. The Bertz CT molecular complexity index is 520. The largest absolute Gasteiger partial charge is 0.341 e. The second kappa shape index (κ2) is 5.92. The minimum atomic E-state index is 0.0613. The van der Waals surface area contributed by atoms with Crippen LogP contribution in [-0.4, -0.2) is 48.6 Å². The Hall–Kier alpha value is -1.55. The van der Waals surface area contributed by atoms with E-state index in [2.05, 4.69) is 54.4 Å². The van der Waals surface area contributed by atoms with Crippen molar-refractivity contribution in [1.29, 1.82) is 0 Å². The van der Waals surface area contributed by atoms with Crippen molar-refractivity contribution in [2.45, 2.75) is 38.8 Å². The van der Waals surface area contributed by atoms with Crippen molar-refractivity contribution in [2.24, 2.45) is 5.41 Å². The van der Waals surface area contributed by atoms with Crippen LogP contribution >= 0.6 is 0 Å². The van der Waals surface area contributed by atoms with Crippen LogP contribution in [0.4, 0.5) is 4.79 Å². The minimum Gasteiger partial charge on any atom is -0.341 e. The molecule has 0 aliphatic carbocycles. The standard InChI is InChI=1S/C18H27N3O/c1-14(2)21-13-18(16(21)15-7-5-4-6-8-15)9-11-20(12-10-18)17(22)19-3/h4-8,14,16H,9-13H2,1-3H3,(H,19,22). The highest BCUT2D eigenvalue weighted by molar-refractivity contribution is 5.73. The molecule has 2 aliphatic heterocycles. The molecule has 22 heavy (non-hydrogen) atoms. The van der Waals surface area contributed by atoms with E-state index in [-0.39, 0.29) is 6.03 Å². The van der Waals surface area contributed by atoms with Gasteiger partial charge in [-0.15, -0.1) is 0 Å². The van der Waals surface area contributed by atoms with Crippen molar-refractivity contribution in [2.75, 3.05) is 26.7 Å². The second-order valence-corrected chi connectivity index (χ2v) is 6.98. The van der Waals surface area contributed by atoms with Gasteiger partial charge in [-0.25, -0.2) is 4.79 Å². The average molecular weight is 301 g/mol. The predicted molar refractivity (Wildman–Crippen MR) is 88.7 cm³/mol. The molecule has 2 saturated heterocycles. The summed E-state index contributed by atoms with van der Waals surface area (Å²) in [5.41, 5.74) is 1.77. The van der Waals surface area contributed by atoms with Gasteiger partial charge >= 0.3 is 6.03 Å². The average Bonchev–Trinajstić information content (AvgIpc) is 2.53. The maximum absolute atomic E-state index is 11.8. The Kier molecular flexibility index (Phi) is 4.13. The van der Waals surface area contributed by atoms with Crippen molar-refractivity contribution in [3.05, 3.63) is 35.9 Å². The first-order chi connectivity index (χ1) is 10.6. The van der Waals surface area contributed by atoms with Gasteiger partial charge in [0.05, 0.1) is 0 Å². The molecule has 2 heterocycles. The van der Waals surface area contributed by atoms with Crippen LogP contribution in [-0.2, 0) is 0 Å². The van der Waals surface area contributed by atoms with Gasteiger partial charge in [-0.2, -0.15) is 0 Å². The molecule has 1 unspecified atom stereocenters. The van der Waals surface area contributed by atoms with Gasteiger partial charge in [0.2, 0.25) is 0 Å². The zero-order valence-corrected chi connectivity index (χ0v) is 13.9. The molecule has 0 radical (unpaired) electrons. The van der Waals surface area contributed by atoms with Crippen molar-refractivity contribution in [3.63, 3.8) is 0 Å². The van der Waals surface area contributed by atoms with E-state index in [4.69, 9.17) is 0 Å². The lowest BCUT2D eigenvalue weighted by Crippen LogP contribution is -2.64. The molecule has 0 saturated carbocycles. The lowest BCUT2D eigenvalue weighted by molar-refractivity contribution is -0.123. The Morgan fingerprint density at radius 1 is 1.23 bits per heavy atom. The number of hydrogen-bond donors (Lipinski definition) is 1. The topological polar surface area (TPSA) is 35.6 Å². The number of urea groups is 1. The summed E-state index contributed by atoms with van der Waals surface area (Å²) in [7, 11) is 1.71. The van der Waals surface area contributed by atoms with Crippen LogP contribution in [0.25, 0.3) is 0 Å². The number of benzene rings is 1. The molecule has 1 N–H and O–H groups in total. The Labute approximate surface area is 133 Å². The number of nitrogens with one attached hydrogen (secondary N) is 1. The summed E-state index contributed by atoms with van der Waals surface area (Å²) in [6.45, 7) is 7.46. The van der Waals surface area contributed by atoms with E-state index in [0.717, 1.165) is 32.5 Å². The molecule has 2 amide bonds. The predicted octanol–water partition coefficient (Wildman–Crippen LogP) is 2.87. The highest BCUT2D eigenvalue weighted by Crippen LogP contribution is 2.55. The first-order valence-electron chi connectivity index (χ1n) is 8.35. The summed E-state index contributed by atoms with van der Waals surface area (Å²) in [6.07, 6.45) is 2.20. The lowest BCUT2D eigenvalue weighted by Gasteiger charge is -2.62. The molecular formula is C18H27N3O. The minimum absolute atomic E-state index is 0.0613. The number of carbonyl (C=O) groups is 1. The second-order valence-electron chi connectivity index (χ2n) is 6.98. The molecule has 2 fully saturated rings. The van der Waals surface area contributed by atoms with Crippen molar-refractivity contribution < 1.29 is 4.79 Å². The van der Waals surface area contributed by atoms with Gasteiger partial charge in [0.1, 0.15) is 0 Å². The summed E-state index contributed by atoms with van der Waals surface area (Å²) in [4.78, 5) is 16.4. The zero-order chi connectivity index (χ0) is 15.7. The molecule has 3 rings (SSSR count). The summed E-state index contributed by atoms with van der Waals surface area (Å²) >= 11 is 0. The van der Waals surface area contributed by atoms with Crippen LogP contribution in [0.2, 0.25) is 0 Å². The summed E-state index contributed by atoms with van der Waals surface area (Å²) in [5.74, 6) is 0. The highest BCUT2D eigenvalue weighted by atomic mass is 16.2. The fourth-order valence-corrected chi connectivity index (χ4v) is 4.19. The van der Waals surface area contributed by atoms with Crippen LogP contribution in [0, 0.1) is 5.41 Å². The van der Waals surface area contributed by atoms with Crippen molar-refractivity contribution >= 4 is 6.03 Å². The van der Waals surface area contributed by atoms with Gasteiger partial charge in [-0.05, 0) is 32.3 Å². The SMILES string of the molecule is CNC(=O)N1CCC2(CC1)CN(C(C)C)C2c1ccccc1. The Morgan fingerprint density at radius 2 is 1.86 bits per heavy atom. The van der Waals surface area contributed by atoms with Gasteiger partial charge < -0.3 is 10.2 Å². The van der Waals surface area contributed by atoms with E-state index < -0.39 is 0 Å². The van der Waals surface area contributed by atoms with E-state index in [1.807, 2.05) is 4.90 Å². The Morgan fingerprint density at radius 3 is 2.41 bits per heavy atom. The first-order valence-corrected chi connectivity index (χ1v) is 8.35. The quantitative estimate of drug-likeness (QED) is 0.911. The van der Waals surface area contributed by atoms with Gasteiger partial charge in [0, 0.05) is 44.2 Å². The highest BCUT2D eigenvalue weighted by Gasteiger charge is 2.54. The molecule has 0 bridgehead atoms. The summed E-state index contributed by atoms with van der Waals surface area (Å²) in [5, 5.41) is 2.74. The number of rotatable bonds is 2. The fraction of sp³-hybridized carbons (Fsp3) is 0.611.